The van der Waals surface area contributed by atoms with Gasteiger partial charge in [-0.1, -0.05) is 117 Å². The molecule has 1 N–H and O–H groups in total. The first-order valence-electron chi connectivity index (χ1n) is 11.6. The zero-order valence-corrected chi connectivity index (χ0v) is 22.9. The third-order valence-corrected chi connectivity index (χ3v) is 6.77. The molecule has 0 aliphatic rings. The SMILES string of the molecule is CCCCCCCCCCCCCCCCCC(C(O)CCC)S(=O)(=O)[O-].[K+]. The zero-order valence-electron chi connectivity index (χ0n) is 19.0. The molecule has 28 heavy (non-hydrogen) atoms. The fraction of sp³-hybridized carbons (Fsp3) is 1.00. The Balaban J connectivity index is 0. The first-order valence-corrected chi connectivity index (χ1v) is 13.0. The van der Waals surface area contributed by atoms with Gasteiger partial charge < -0.3 is 9.66 Å². The molecule has 2 atom stereocenters. The van der Waals surface area contributed by atoms with Gasteiger partial charge in [0.05, 0.1) is 11.4 Å². The minimum Gasteiger partial charge on any atom is -0.748 e. The van der Waals surface area contributed by atoms with Crippen molar-refractivity contribution in [3.63, 3.8) is 0 Å². The molecule has 0 fully saturated rings. The van der Waals surface area contributed by atoms with E-state index in [1.54, 1.807) is 0 Å². The molecule has 0 saturated carbocycles. The summed E-state index contributed by atoms with van der Waals surface area (Å²) in [6.45, 7) is 4.14. The number of unbranched alkanes of at least 4 members (excludes halogenated alkanes) is 14. The number of hydrogen-bond acceptors (Lipinski definition) is 4. The van der Waals surface area contributed by atoms with Crippen LogP contribution in [0.4, 0.5) is 0 Å². The Hall–Kier alpha value is 1.51. The first kappa shape index (κ1) is 31.7. The summed E-state index contributed by atoms with van der Waals surface area (Å²) in [5, 5.41) is 8.76. The van der Waals surface area contributed by atoms with E-state index in [2.05, 4.69) is 6.92 Å². The molecule has 0 aromatic carbocycles. The van der Waals surface area contributed by atoms with Crippen molar-refractivity contribution in [3.8, 4) is 0 Å². The molecule has 0 radical (unpaired) electrons. The van der Waals surface area contributed by atoms with E-state index in [1.807, 2.05) is 6.92 Å². The van der Waals surface area contributed by atoms with Crippen LogP contribution in [0.3, 0.4) is 0 Å². The zero-order chi connectivity index (χ0) is 20.4. The molecule has 164 valence electrons. The molecule has 0 spiro atoms. The predicted octanol–water partition coefficient (Wildman–Crippen LogP) is 3.33. The quantitative estimate of drug-likeness (QED) is 0.177. The van der Waals surface area contributed by atoms with Crippen molar-refractivity contribution >= 4 is 10.1 Å². The summed E-state index contributed by atoms with van der Waals surface area (Å²) in [4.78, 5) is 0. The molecule has 2 unspecified atom stereocenters. The maximum absolute atomic E-state index is 11.3. The summed E-state index contributed by atoms with van der Waals surface area (Å²) < 4.78 is 33.9. The van der Waals surface area contributed by atoms with Crippen LogP contribution in [0.1, 0.15) is 129 Å². The second-order valence-corrected chi connectivity index (χ2v) is 9.72. The molecular weight excluding hydrogens is 399 g/mol. The van der Waals surface area contributed by atoms with Gasteiger partial charge in [0.25, 0.3) is 0 Å². The van der Waals surface area contributed by atoms with Crippen molar-refractivity contribution in [2.24, 2.45) is 0 Å². The summed E-state index contributed by atoms with van der Waals surface area (Å²) in [5.74, 6) is 0. The van der Waals surface area contributed by atoms with Crippen LogP contribution in [-0.4, -0.2) is 29.4 Å². The summed E-state index contributed by atoms with van der Waals surface area (Å²) in [5.41, 5.74) is 0. The number of hydrogen-bond donors (Lipinski definition) is 1. The fourth-order valence-electron chi connectivity index (χ4n) is 3.73. The summed E-state index contributed by atoms with van der Waals surface area (Å²) in [6.07, 6.45) is 19.2. The molecule has 0 aliphatic heterocycles. The van der Waals surface area contributed by atoms with Gasteiger partial charge in [-0.3, -0.25) is 0 Å². The Morgan fingerprint density at radius 1 is 0.643 bits per heavy atom. The first-order chi connectivity index (χ1) is 12.9. The average Bonchev–Trinajstić information content (AvgIpc) is 2.60. The molecule has 0 saturated heterocycles. The molecule has 0 heterocycles. The van der Waals surface area contributed by atoms with E-state index in [4.69, 9.17) is 0 Å². The minimum absolute atomic E-state index is 0. The van der Waals surface area contributed by atoms with Crippen LogP contribution >= 0.6 is 0 Å². The van der Waals surface area contributed by atoms with Gasteiger partial charge in [-0.2, -0.15) is 0 Å². The fourth-order valence-corrected chi connectivity index (χ4v) is 4.70. The maximum atomic E-state index is 11.3. The van der Waals surface area contributed by atoms with E-state index in [0.717, 1.165) is 12.8 Å². The van der Waals surface area contributed by atoms with Crippen LogP contribution in [0, 0.1) is 0 Å². The van der Waals surface area contributed by atoms with Gasteiger partial charge in [-0.15, -0.1) is 0 Å². The maximum Gasteiger partial charge on any atom is 1.00 e. The smallest absolute Gasteiger partial charge is 0.748 e. The Morgan fingerprint density at radius 2 is 1.00 bits per heavy atom. The van der Waals surface area contributed by atoms with Gasteiger partial charge in [0.15, 0.2) is 0 Å². The summed E-state index contributed by atoms with van der Waals surface area (Å²) >= 11 is 0. The number of rotatable bonds is 20. The van der Waals surface area contributed by atoms with Gasteiger partial charge in [-0.05, 0) is 12.8 Å². The van der Waals surface area contributed by atoms with Crippen LogP contribution in [-0.2, 0) is 10.1 Å². The Bertz CT molecular complexity index is 415. The van der Waals surface area contributed by atoms with Crippen molar-refractivity contribution in [1.82, 2.24) is 0 Å². The number of aliphatic hydroxyl groups excluding tert-OH is 1. The van der Waals surface area contributed by atoms with Gasteiger partial charge >= 0.3 is 51.4 Å². The third-order valence-electron chi connectivity index (χ3n) is 5.48. The average molecular weight is 445 g/mol. The summed E-state index contributed by atoms with van der Waals surface area (Å²) in [7, 11) is -4.41. The Kier molecular flexibility index (Phi) is 24.6. The molecule has 0 aromatic heterocycles. The third kappa shape index (κ3) is 19.5. The Morgan fingerprint density at radius 3 is 1.32 bits per heavy atom. The van der Waals surface area contributed by atoms with Gasteiger partial charge in [0.2, 0.25) is 0 Å². The van der Waals surface area contributed by atoms with Crippen LogP contribution in [0.5, 0.6) is 0 Å². The van der Waals surface area contributed by atoms with Crippen molar-refractivity contribution in [3.05, 3.63) is 0 Å². The molecular formula is C22H45KO4S. The van der Waals surface area contributed by atoms with Crippen molar-refractivity contribution in [2.75, 3.05) is 0 Å². The van der Waals surface area contributed by atoms with Crippen LogP contribution in [0.25, 0.3) is 0 Å². The van der Waals surface area contributed by atoms with E-state index in [1.165, 1.54) is 77.0 Å². The van der Waals surface area contributed by atoms with Crippen molar-refractivity contribution in [1.29, 1.82) is 0 Å². The molecule has 0 bridgehead atoms. The van der Waals surface area contributed by atoms with E-state index in [0.29, 0.717) is 25.7 Å². The predicted molar refractivity (Wildman–Crippen MR) is 114 cm³/mol. The Labute approximate surface area is 218 Å². The van der Waals surface area contributed by atoms with E-state index in [9.17, 15) is 18.1 Å². The van der Waals surface area contributed by atoms with Crippen molar-refractivity contribution < 1.29 is 69.5 Å². The van der Waals surface area contributed by atoms with Crippen molar-refractivity contribution in [2.45, 2.75) is 141 Å². The van der Waals surface area contributed by atoms with Crippen LogP contribution in [0.2, 0.25) is 0 Å². The second-order valence-electron chi connectivity index (χ2n) is 8.13. The van der Waals surface area contributed by atoms with Gasteiger partial charge in [0, 0.05) is 0 Å². The van der Waals surface area contributed by atoms with E-state index < -0.39 is 21.5 Å². The normalized spacial score (nSPS) is 13.9. The molecule has 0 aromatic rings. The standard InChI is InChI=1S/C22H46O4S.K/c1-3-5-6-7-8-9-10-11-12-13-14-15-16-17-18-20-22(27(24,25)26)21(23)19-4-2;/h21-23H,3-20H2,1-2H3,(H,24,25,26);/q;+1/p-1. The monoisotopic (exact) mass is 444 g/mol. The molecule has 6 heteroatoms. The van der Waals surface area contributed by atoms with Crippen LogP contribution in [0.15, 0.2) is 0 Å². The number of aliphatic hydroxyl groups is 1. The second kappa shape index (κ2) is 21.7. The van der Waals surface area contributed by atoms with E-state index >= 15 is 0 Å². The molecule has 0 aliphatic carbocycles. The molecule has 4 nitrogen and oxygen atoms in total. The van der Waals surface area contributed by atoms with E-state index in [-0.39, 0.29) is 51.4 Å². The molecule has 0 rings (SSSR count). The van der Waals surface area contributed by atoms with Crippen LogP contribution < -0.4 is 51.4 Å². The largest absolute Gasteiger partial charge is 1.00 e. The minimum atomic E-state index is -4.41. The van der Waals surface area contributed by atoms with Gasteiger partial charge in [0.1, 0.15) is 10.1 Å². The molecule has 0 amide bonds. The topological polar surface area (TPSA) is 77.4 Å². The van der Waals surface area contributed by atoms with Gasteiger partial charge in [-0.25, -0.2) is 8.42 Å². The summed E-state index contributed by atoms with van der Waals surface area (Å²) in [6, 6.07) is 0.